The zero-order chi connectivity index (χ0) is 33.0. The summed E-state index contributed by atoms with van der Waals surface area (Å²) in [5.41, 5.74) is 4.41. The molecule has 12 heteroatoms. The topological polar surface area (TPSA) is 128 Å². The van der Waals surface area contributed by atoms with Gasteiger partial charge < -0.3 is 26.6 Å². The normalized spacial score (nSPS) is 16.4. The lowest BCUT2D eigenvalue weighted by Gasteiger charge is -2.31. The first-order valence-corrected chi connectivity index (χ1v) is 16.4. The number of hydrogen-bond acceptors (Lipinski definition) is 7. The highest BCUT2D eigenvalue weighted by molar-refractivity contribution is 8.31. The summed E-state index contributed by atoms with van der Waals surface area (Å²) in [6.45, 7) is 4.70. The Morgan fingerprint density at radius 3 is 1.67 bits per heavy atom. The fraction of sp³-hybridized carbons (Fsp3) is 0.515. The lowest BCUT2D eigenvalue weighted by Crippen LogP contribution is -2.38. The lowest BCUT2D eigenvalue weighted by molar-refractivity contribution is -0.152. The zero-order valence-corrected chi connectivity index (χ0v) is 27.3. The van der Waals surface area contributed by atoms with Gasteiger partial charge in [0.2, 0.25) is 11.3 Å². The standard InChI is InChI=1S/C33H47BF2N4O4S/c1-24(37)34-20-29(45-34)23-40(21-27-10-4-8-25(16-27)18-32(35,30(41)42)12-6-14-38-2)22-28-11-5-9-26(17-28)19-33(36,31(43)44)13-7-15-39-3/h4-5,8-11,16-17,20,24,38-39H,6-7,12-15,18-19,21-23,37H2,1-3H3,(H,41,42)(H,43,44). The minimum absolute atomic E-state index is 0.0344. The van der Waals surface area contributed by atoms with Gasteiger partial charge in [-0.25, -0.2) is 18.4 Å². The molecule has 2 aromatic rings. The van der Waals surface area contributed by atoms with Crippen molar-refractivity contribution in [1.82, 2.24) is 15.5 Å². The van der Waals surface area contributed by atoms with Crippen molar-refractivity contribution in [3.63, 3.8) is 0 Å². The fourth-order valence-corrected chi connectivity index (χ4v) is 6.62. The highest BCUT2D eigenvalue weighted by Gasteiger charge is 2.39. The van der Waals surface area contributed by atoms with E-state index in [0.29, 0.717) is 56.7 Å². The average Bonchev–Trinajstić information content (AvgIpc) is 2.95. The molecule has 0 aromatic heterocycles. The van der Waals surface area contributed by atoms with Gasteiger partial charge in [0.25, 0.3) is 5.99 Å². The van der Waals surface area contributed by atoms with Gasteiger partial charge in [0.1, 0.15) is 0 Å². The zero-order valence-electron chi connectivity index (χ0n) is 26.5. The summed E-state index contributed by atoms with van der Waals surface area (Å²) in [7, 11) is 3.50. The molecule has 0 amide bonds. The Kier molecular flexibility index (Phi) is 14.1. The first-order chi connectivity index (χ1) is 21.4. The molecule has 3 atom stereocenters. The van der Waals surface area contributed by atoms with Crippen molar-refractivity contribution in [2.24, 2.45) is 5.73 Å². The second kappa shape index (κ2) is 17.2. The molecular formula is C33H47BF2N4O4S. The molecule has 0 saturated heterocycles. The van der Waals surface area contributed by atoms with E-state index in [0.717, 1.165) is 11.1 Å². The highest BCUT2D eigenvalue weighted by Crippen LogP contribution is 2.34. The quantitative estimate of drug-likeness (QED) is 0.0993. The van der Waals surface area contributed by atoms with Gasteiger partial charge >= 0.3 is 11.9 Å². The minimum atomic E-state index is -2.36. The molecule has 45 heavy (non-hydrogen) atoms. The van der Waals surface area contributed by atoms with Crippen LogP contribution in [0, 0.1) is 0 Å². The van der Waals surface area contributed by atoms with Gasteiger partial charge in [-0.15, -0.1) is 0 Å². The summed E-state index contributed by atoms with van der Waals surface area (Å²) < 4.78 is 31.0. The second-order valence-electron chi connectivity index (χ2n) is 12.2. The van der Waals surface area contributed by atoms with E-state index < -0.39 is 23.3 Å². The van der Waals surface area contributed by atoms with E-state index in [4.69, 9.17) is 5.73 Å². The Morgan fingerprint density at radius 1 is 0.867 bits per heavy atom. The predicted molar refractivity (Wildman–Crippen MR) is 179 cm³/mol. The van der Waals surface area contributed by atoms with Crippen molar-refractivity contribution in [1.29, 1.82) is 0 Å². The molecule has 0 aliphatic carbocycles. The third kappa shape index (κ3) is 11.2. The van der Waals surface area contributed by atoms with Crippen LogP contribution in [0.1, 0.15) is 54.9 Å². The minimum Gasteiger partial charge on any atom is -0.479 e. The number of carboxylic acids is 2. The van der Waals surface area contributed by atoms with Gasteiger partial charge in [0.05, 0.1) is 0 Å². The molecule has 0 spiro atoms. The van der Waals surface area contributed by atoms with Crippen LogP contribution in [0.5, 0.6) is 0 Å². The number of aliphatic carboxylic acids is 2. The van der Waals surface area contributed by atoms with Crippen LogP contribution in [-0.2, 0) is 35.5 Å². The maximum atomic E-state index is 15.5. The number of halogens is 2. The fourth-order valence-electron chi connectivity index (χ4n) is 5.57. The average molecular weight is 645 g/mol. The number of nitrogens with two attached hydrogens (primary N) is 1. The molecular weight excluding hydrogens is 597 g/mol. The van der Waals surface area contributed by atoms with Gasteiger partial charge in [-0.2, -0.15) is 11.6 Å². The van der Waals surface area contributed by atoms with Gasteiger partial charge in [-0.3, -0.25) is 4.90 Å². The van der Waals surface area contributed by atoms with E-state index in [1.54, 1.807) is 37.8 Å². The smallest absolute Gasteiger partial charge is 0.341 e. The van der Waals surface area contributed by atoms with Crippen LogP contribution in [-0.4, -0.2) is 84.1 Å². The maximum Gasteiger partial charge on any atom is 0.341 e. The van der Waals surface area contributed by atoms with Crippen molar-refractivity contribution in [3.8, 4) is 0 Å². The molecule has 3 rings (SSSR count). The number of benzene rings is 2. The summed E-state index contributed by atoms with van der Waals surface area (Å²) in [4.78, 5) is 27.1. The summed E-state index contributed by atoms with van der Waals surface area (Å²) >= 11 is 1.73. The summed E-state index contributed by atoms with van der Waals surface area (Å²) in [5, 5.41) is 25.2. The van der Waals surface area contributed by atoms with Crippen LogP contribution in [0.4, 0.5) is 8.78 Å². The van der Waals surface area contributed by atoms with Crippen LogP contribution in [0.25, 0.3) is 0 Å². The Labute approximate surface area is 270 Å². The van der Waals surface area contributed by atoms with Crippen molar-refractivity contribution < 1.29 is 28.6 Å². The Balaban J connectivity index is 1.80. The predicted octanol–water partition coefficient (Wildman–Crippen LogP) is 4.41. The van der Waals surface area contributed by atoms with Crippen molar-refractivity contribution in [2.75, 3.05) is 33.7 Å². The van der Waals surface area contributed by atoms with E-state index in [1.807, 2.05) is 43.3 Å². The molecule has 1 aliphatic rings. The van der Waals surface area contributed by atoms with Crippen molar-refractivity contribution in [3.05, 3.63) is 81.7 Å². The molecule has 0 saturated carbocycles. The molecule has 0 fully saturated rings. The van der Waals surface area contributed by atoms with Crippen LogP contribution >= 0.6 is 11.6 Å². The van der Waals surface area contributed by atoms with Gasteiger partial charge in [0.15, 0.2) is 0 Å². The first-order valence-electron chi connectivity index (χ1n) is 15.5. The molecule has 0 radical (unpaired) electrons. The summed E-state index contributed by atoms with van der Waals surface area (Å²) in [6.07, 6.45) is 0.211. The number of carbonyl (C=O) groups is 2. The third-order valence-electron chi connectivity index (χ3n) is 8.07. The van der Waals surface area contributed by atoms with Crippen LogP contribution in [0.2, 0.25) is 0 Å². The van der Waals surface area contributed by atoms with Crippen molar-refractivity contribution >= 4 is 29.5 Å². The van der Waals surface area contributed by atoms with Crippen molar-refractivity contribution in [2.45, 2.75) is 75.8 Å². The van der Waals surface area contributed by atoms with Gasteiger partial charge in [0, 0.05) is 32.5 Å². The van der Waals surface area contributed by atoms with E-state index in [1.165, 1.54) is 4.91 Å². The monoisotopic (exact) mass is 644 g/mol. The molecule has 8 nitrogen and oxygen atoms in total. The number of nitrogens with one attached hydrogen (secondary N) is 2. The van der Waals surface area contributed by atoms with Crippen LogP contribution < -0.4 is 16.4 Å². The lowest BCUT2D eigenvalue weighted by atomic mass is 9.67. The van der Waals surface area contributed by atoms with E-state index in [-0.39, 0.29) is 37.6 Å². The summed E-state index contributed by atoms with van der Waals surface area (Å²) in [6, 6.07) is 14.8. The first kappa shape index (κ1) is 36.7. The number of carboxylic acid groups (broad SMARTS) is 2. The highest BCUT2D eigenvalue weighted by atomic mass is 32.2. The number of hydrogen-bond donors (Lipinski definition) is 5. The second-order valence-corrected chi connectivity index (χ2v) is 13.5. The van der Waals surface area contributed by atoms with E-state index in [9.17, 15) is 19.8 Å². The molecule has 1 heterocycles. The molecule has 2 aromatic carbocycles. The Bertz CT molecular complexity index is 1240. The SMILES string of the molecule is CNCCCC(F)(Cc1cccc(CN(CC2=CB(C(C)N)S2)Cc2cccc(CC(F)(CCCNC)C(=O)O)c2)c1)C(=O)O. The molecule has 6 N–H and O–H groups in total. The molecule has 0 bridgehead atoms. The number of alkyl halides is 2. The molecule has 246 valence electrons. The Morgan fingerprint density at radius 2 is 1.29 bits per heavy atom. The van der Waals surface area contributed by atoms with Crippen LogP contribution in [0.15, 0.2) is 59.4 Å². The van der Waals surface area contributed by atoms with E-state index in [2.05, 4.69) is 21.5 Å². The maximum absolute atomic E-state index is 15.5. The van der Waals surface area contributed by atoms with E-state index >= 15 is 8.78 Å². The third-order valence-corrected chi connectivity index (χ3v) is 9.47. The largest absolute Gasteiger partial charge is 0.479 e. The van der Waals surface area contributed by atoms with Gasteiger partial charge in [-0.05, 0) is 86.0 Å². The molecule has 1 aliphatic heterocycles. The van der Waals surface area contributed by atoms with Gasteiger partial charge in [-0.1, -0.05) is 61.4 Å². The number of rotatable bonds is 21. The van der Waals surface area contributed by atoms with Crippen LogP contribution in [0.3, 0.4) is 0 Å². The number of nitrogens with zero attached hydrogens (tertiary/aromatic N) is 1. The Hall–Kier alpha value is -2.77. The molecule has 3 unspecified atom stereocenters. The summed E-state index contributed by atoms with van der Waals surface area (Å²) in [5.74, 6) is -0.454.